The smallest absolute Gasteiger partial charge is 0.223 e. The summed E-state index contributed by atoms with van der Waals surface area (Å²) in [6, 6.07) is 0.312. The normalized spacial score (nSPS) is 30.4. The molecule has 0 radical (unpaired) electrons. The van der Waals surface area contributed by atoms with Gasteiger partial charge in [-0.3, -0.25) is 14.5 Å². The van der Waals surface area contributed by atoms with E-state index in [1.54, 1.807) is 6.92 Å². The average Bonchev–Trinajstić information content (AvgIpc) is 3.04. The summed E-state index contributed by atoms with van der Waals surface area (Å²) in [5.41, 5.74) is 0. The van der Waals surface area contributed by atoms with Crippen molar-refractivity contribution in [2.75, 3.05) is 52.6 Å². The second-order valence-electron chi connectivity index (χ2n) is 6.65. The van der Waals surface area contributed by atoms with Gasteiger partial charge in [0.05, 0.1) is 38.5 Å². The second kappa shape index (κ2) is 7.59. The van der Waals surface area contributed by atoms with Crippen molar-refractivity contribution in [3.05, 3.63) is 0 Å². The van der Waals surface area contributed by atoms with Crippen molar-refractivity contribution < 1.29 is 19.1 Å². The summed E-state index contributed by atoms with van der Waals surface area (Å²) in [5.74, 6) is 0.221. The predicted molar refractivity (Wildman–Crippen MR) is 83.9 cm³/mol. The fraction of sp³-hybridized carbons (Fsp3) is 0.875. The number of nitrogens with one attached hydrogen (secondary N) is 1. The molecule has 23 heavy (non-hydrogen) atoms. The number of amides is 2. The van der Waals surface area contributed by atoms with Crippen LogP contribution in [0, 0.1) is 5.92 Å². The zero-order valence-corrected chi connectivity index (χ0v) is 13.8. The van der Waals surface area contributed by atoms with Gasteiger partial charge in [0.15, 0.2) is 0 Å². The van der Waals surface area contributed by atoms with Crippen molar-refractivity contribution >= 4 is 11.8 Å². The Balaban J connectivity index is 1.50. The van der Waals surface area contributed by atoms with Crippen LogP contribution in [0.2, 0.25) is 0 Å². The lowest BCUT2D eigenvalue weighted by molar-refractivity contribution is -0.134. The molecule has 3 aliphatic heterocycles. The minimum absolute atomic E-state index is 0.0107. The van der Waals surface area contributed by atoms with Crippen LogP contribution >= 0.6 is 0 Å². The minimum atomic E-state index is 0.0107. The van der Waals surface area contributed by atoms with Crippen molar-refractivity contribution in [1.29, 1.82) is 0 Å². The molecule has 3 fully saturated rings. The fourth-order valence-corrected chi connectivity index (χ4v) is 3.71. The Labute approximate surface area is 137 Å². The highest BCUT2D eigenvalue weighted by atomic mass is 16.5. The van der Waals surface area contributed by atoms with Crippen LogP contribution in [0.25, 0.3) is 0 Å². The first-order valence-corrected chi connectivity index (χ1v) is 8.60. The molecular weight excluding hydrogens is 298 g/mol. The lowest BCUT2D eigenvalue weighted by atomic mass is 9.95. The summed E-state index contributed by atoms with van der Waals surface area (Å²) in [7, 11) is 0. The number of piperidine rings is 1. The van der Waals surface area contributed by atoms with Crippen molar-refractivity contribution in [2.24, 2.45) is 5.92 Å². The Morgan fingerprint density at radius 2 is 1.70 bits per heavy atom. The van der Waals surface area contributed by atoms with Gasteiger partial charge >= 0.3 is 0 Å². The van der Waals surface area contributed by atoms with E-state index < -0.39 is 0 Å². The molecule has 2 atom stereocenters. The van der Waals surface area contributed by atoms with Crippen molar-refractivity contribution in [3.8, 4) is 0 Å². The maximum absolute atomic E-state index is 12.5. The number of hydrogen-bond acceptors (Lipinski definition) is 5. The Morgan fingerprint density at radius 1 is 1.00 bits per heavy atom. The van der Waals surface area contributed by atoms with Crippen LogP contribution in [0.1, 0.15) is 19.8 Å². The monoisotopic (exact) mass is 325 g/mol. The van der Waals surface area contributed by atoms with Crippen LogP contribution in [0.15, 0.2) is 0 Å². The number of nitrogens with zero attached hydrogens (tertiary/aromatic N) is 2. The van der Waals surface area contributed by atoms with E-state index in [2.05, 4.69) is 10.2 Å². The van der Waals surface area contributed by atoms with Gasteiger partial charge in [0.25, 0.3) is 0 Å². The number of morpholine rings is 1. The lowest BCUT2D eigenvalue weighted by Crippen LogP contribution is -2.55. The van der Waals surface area contributed by atoms with Crippen molar-refractivity contribution in [1.82, 2.24) is 15.1 Å². The van der Waals surface area contributed by atoms with Gasteiger partial charge in [0.1, 0.15) is 0 Å². The van der Waals surface area contributed by atoms with E-state index in [1.165, 1.54) is 0 Å². The van der Waals surface area contributed by atoms with Crippen LogP contribution in [-0.4, -0.2) is 86.3 Å². The maximum atomic E-state index is 12.5. The van der Waals surface area contributed by atoms with E-state index in [9.17, 15) is 9.59 Å². The van der Waals surface area contributed by atoms with E-state index >= 15 is 0 Å². The van der Waals surface area contributed by atoms with Gasteiger partial charge in [-0.1, -0.05) is 0 Å². The molecule has 0 aromatic rings. The quantitative estimate of drug-likeness (QED) is 0.755. The third-order valence-electron chi connectivity index (χ3n) is 5.20. The SMILES string of the molecule is CC(=O)N1CCC(C(=O)N[C@H]2COC[C@@H]2N2CCOCC2)CC1. The highest BCUT2D eigenvalue weighted by Crippen LogP contribution is 2.20. The van der Waals surface area contributed by atoms with Crippen LogP contribution in [0.3, 0.4) is 0 Å². The van der Waals surface area contributed by atoms with Gasteiger partial charge in [0, 0.05) is 39.0 Å². The number of carbonyl (C=O) groups is 2. The predicted octanol–water partition coefficient (Wildman–Crippen LogP) is -0.539. The summed E-state index contributed by atoms with van der Waals surface area (Å²) in [6.45, 7) is 7.51. The fourth-order valence-electron chi connectivity index (χ4n) is 3.71. The van der Waals surface area contributed by atoms with Crippen molar-refractivity contribution in [3.63, 3.8) is 0 Å². The highest BCUT2D eigenvalue weighted by Gasteiger charge is 2.36. The molecule has 3 heterocycles. The number of rotatable bonds is 3. The van der Waals surface area contributed by atoms with Gasteiger partial charge in [-0.2, -0.15) is 0 Å². The van der Waals surface area contributed by atoms with E-state index in [0.717, 1.165) is 39.1 Å². The van der Waals surface area contributed by atoms with Crippen molar-refractivity contribution in [2.45, 2.75) is 31.8 Å². The van der Waals surface area contributed by atoms with Crippen LogP contribution in [0.5, 0.6) is 0 Å². The second-order valence-corrected chi connectivity index (χ2v) is 6.65. The Hall–Kier alpha value is -1.18. The molecule has 7 heteroatoms. The third-order valence-corrected chi connectivity index (χ3v) is 5.20. The first-order chi connectivity index (χ1) is 11.1. The summed E-state index contributed by atoms with van der Waals surface area (Å²) < 4.78 is 11.0. The molecular formula is C16H27N3O4. The Bertz CT molecular complexity index is 431. The van der Waals surface area contributed by atoms with Gasteiger partial charge < -0.3 is 19.7 Å². The lowest BCUT2D eigenvalue weighted by Gasteiger charge is -2.35. The topological polar surface area (TPSA) is 71.1 Å². The van der Waals surface area contributed by atoms with Crippen LogP contribution < -0.4 is 5.32 Å². The molecule has 3 saturated heterocycles. The Kier molecular flexibility index (Phi) is 5.50. The minimum Gasteiger partial charge on any atom is -0.379 e. The average molecular weight is 325 g/mol. The van der Waals surface area contributed by atoms with E-state index in [1.807, 2.05) is 4.90 Å². The molecule has 0 aliphatic carbocycles. The third kappa shape index (κ3) is 4.02. The van der Waals surface area contributed by atoms with Crippen LogP contribution in [-0.2, 0) is 19.1 Å². The number of hydrogen-bond donors (Lipinski definition) is 1. The van der Waals surface area contributed by atoms with Gasteiger partial charge in [0.2, 0.25) is 11.8 Å². The van der Waals surface area contributed by atoms with Crippen LogP contribution in [0.4, 0.5) is 0 Å². The molecule has 3 rings (SSSR count). The molecule has 130 valence electrons. The molecule has 0 spiro atoms. The standard InChI is InChI=1S/C16H27N3O4/c1-12(20)18-4-2-13(3-5-18)16(21)17-14-10-23-11-15(14)19-6-8-22-9-7-19/h13-15H,2-11H2,1H3,(H,17,21)/t14-,15-/m0/s1. The highest BCUT2D eigenvalue weighted by molar-refractivity contribution is 5.80. The van der Waals surface area contributed by atoms with E-state index in [0.29, 0.717) is 26.3 Å². The van der Waals surface area contributed by atoms with E-state index in [-0.39, 0.29) is 29.8 Å². The summed E-state index contributed by atoms with van der Waals surface area (Å²) in [5, 5.41) is 3.19. The first-order valence-electron chi connectivity index (χ1n) is 8.60. The molecule has 3 aliphatic rings. The molecule has 0 bridgehead atoms. The largest absolute Gasteiger partial charge is 0.379 e. The number of ether oxygens (including phenoxy) is 2. The molecule has 0 aromatic heterocycles. The summed E-state index contributed by atoms with van der Waals surface area (Å²) in [6.07, 6.45) is 1.50. The summed E-state index contributed by atoms with van der Waals surface area (Å²) in [4.78, 5) is 28.1. The summed E-state index contributed by atoms with van der Waals surface area (Å²) >= 11 is 0. The van der Waals surface area contributed by atoms with Gasteiger partial charge in [-0.25, -0.2) is 0 Å². The first kappa shape index (κ1) is 16.7. The number of carbonyl (C=O) groups excluding carboxylic acids is 2. The Morgan fingerprint density at radius 3 is 2.35 bits per heavy atom. The van der Waals surface area contributed by atoms with E-state index in [4.69, 9.17) is 9.47 Å². The zero-order chi connectivity index (χ0) is 16.2. The molecule has 2 amide bonds. The molecule has 1 N–H and O–H groups in total. The molecule has 7 nitrogen and oxygen atoms in total. The molecule has 0 unspecified atom stereocenters. The number of likely N-dealkylation sites (tertiary alicyclic amines) is 1. The maximum Gasteiger partial charge on any atom is 0.223 e. The molecule has 0 aromatic carbocycles. The molecule has 0 saturated carbocycles. The van der Waals surface area contributed by atoms with Gasteiger partial charge in [-0.05, 0) is 12.8 Å². The van der Waals surface area contributed by atoms with Gasteiger partial charge in [-0.15, -0.1) is 0 Å². The zero-order valence-electron chi connectivity index (χ0n) is 13.8.